The molecule has 2 rings (SSSR count). The molecule has 1 saturated heterocycles. The second kappa shape index (κ2) is 6.07. The molecule has 0 atom stereocenters. The number of amides is 1. The van der Waals surface area contributed by atoms with Crippen LogP contribution in [0.5, 0.6) is 0 Å². The Kier molecular flexibility index (Phi) is 4.45. The van der Waals surface area contributed by atoms with E-state index in [1.54, 1.807) is 18.9 Å². The maximum atomic E-state index is 11.7. The smallest absolute Gasteiger partial charge is 0.229 e. The Morgan fingerprint density at radius 1 is 1.29 bits per heavy atom. The minimum absolute atomic E-state index is 0.144. The first-order valence-corrected chi connectivity index (χ1v) is 6.78. The van der Waals surface area contributed by atoms with Crippen LogP contribution in [0.4, 0.5) is 0 Å². The first kappa shape index (κ1) is 12.5. The van der Waals surface area contributed by atoms with Gasteiger partial charge in [-0.05, 0) is 50.0 Å². The number of benzene rings is 1. The topological polar surface area (TPSA) is 32.3 Å². The van der Waals surface area contributed by atoms with Crippen molar-refractivity contribution in [3.8, 4) is 0 Å². The van der Waals surface area contributed by atoms with Gasteiger partial charge in [-0.15, -0.1) is 0 Å². The normalized spacial score (nSPS) is 16.8. The molecule has 4 heteroatoms. The van der Waals surface area contributed by atoms with Crippen molar-refractivity contribution in [3.63, 3.8) is 0 Å². The van der Waals surface area contributed by atoms with Crippen LogP contribution < -0.4 is 5.32 Å². The summed E-state index contributed by atoms with van der Waals surface area (Å²) < 4.78 is 1.93. The van der Waals surface area contributed by atoms with Crippen molar-refractivity contribution in [3.05, 3.63) is 30.3 Å². The quantitative estimate of drug-likeness (QED) is 0.835. The predicted molar refractivity (Wildman–Crippen MR) is 70.7 cm³/mol. The maximum absolute atomic E-state index is 11.7. The van der Waals surface area contributed by atoms with E-state index < -0.39 is 0 Å². The van der Waals surface area contributed by atoms with Crippen molar-refractivity contribution < 1.29 is 4.79 Å². The number of carbonyl (C=O) groups is 1. The van der Waals surface area contributed by atoms with Crippen molar-refractivity contribution in [1.82, 2.24) is 9.62 Å². The number of hydrogen-bond donors (Lipinski definition) is 1. The van der Waals surface area contributed by atoms with Crippen LogP contribution >= 0.6 is 11.9 Å². The highest BCUT2D eigenvalue weighted by molar-refractivity contribution is 7.97. The molecule has 1 amide bonds. The van der Waals surface area contributed by atoms with Gasteiger partial charge in [0.15, 0.2) is 0 Å². The monoisotopic (exact) mass is 250 g/mol. The van der Waals surface area contributed by atoms with Crippen molar-refractivity contribution in [2.75, 3.05) is 13.1 Å². The SMILES string of the molecule is CC(=O)N(Sc1ccccc1)C1CCNCC1. The lowest BCUT2D eigenvalue weighted by atomic mass is 10.1. The number of nitrogens with one attached hydrogen (secondary N) is 1. The summed E-state index contributed by atoms with van der Waals surface area (Å²) >= 11 is 1.56. The fourth-order valence-electron chi connectivity index (χ4n) is 2.03. The lowest BCUT2D eigenvalue weighted by molar-refractivity contribution is -0.125. The van der Waals surface area contributed by atoms with Gasteiger partial charge in [0.1, 0.15) is 0 Å². The molecule has 0 saturated carbocycles. The lowest BCUT2D eigenvalue weighted by Gasteiger charge is -2.32. The van der Waals surface area contributed by atoms with Crippen molar-refractivity contribution >= 4 is 17.9 Å². The third-order valence-corrected chi connectivity index (χ3v) is 4.13. The molecule has 17 heavy (non-hydrogen) atoms. The van der Waals surface area contributed by atoms with Crippen LogP contribution in [0.2, 0.25) is 0 Å². The molecule has 3 nitrogen and oxygen atoms in total. The molecule has 0 aromatic heterocycles. The van der Waals surface area contributed by atoms with Gasteiger partial charge in [0.25, 0.3) is 0 Å². The van der Waals surface area contributed by atoms with E-state index >= 15 is 0 Å². The molecule has 1 fully saturated rings. The number of piperidine rings is 1. The summed E-state index contributed by atoms with van der Waals surface area (Å²) in [6, 6.07) is 10.4. The molecular formula is C13H18N2OS. The minimum atomic E-state index is 0.144. The van der Waals surface area contributed by atoms with Crippen molar-refractivity contribution in [2.24, 2.45) is 0 Å². The van der Waals surface area contributed by atoms with Gasteiger partial charge in [-0.1, -0.05) is 18.2 Å². The zero-order valence-electron chi connectivity index (χ0n) is 10.1. The molecule has 0 aliphatic carbocycles. The Morgan fingerprint density at radius 2 is 1.94 bits per heavy atom. The molecule has 1 aliphatic heterocycles. The summed E-state index contributed by atoms with van der Waals surface area (Å²) in [6.45, 7) is 3.66. The Hall–Kier alpha value is -1.00. The van der Waals surface area contributed by atoms with E-state index in [9.17, 15) is 4.79 Å². The van der Waals surface area contributed by atoms with Crippen LogP contribution in [-0.2, 0) is 4.79 Å². The fourth-order valence-corrected chi connectivity index (χ4v) is 3.03. The lowest BCUT2D eigenvalue weighted by Crippen LogP contribution is -2.41. The number of carbonyl (C=O) groups excluding carboxylic acids is 1. The predicted octanol–water partition coefficient (Wildman–Crippen LogP) is 2.29. The van der Waals surface area contributed by atoms with Gasteiger partial charge in [-0.2, -0.15) is 0 Å². The van der Waals surface area contributed by atoms with Gasteiger partial charge in [-0.3, -0.25) is 9.10 Å². The Labute approximate surface area is 107 Å². The standard InChI is InChI=1S/C13H18N2OS/c1-11(16)15(12-7-9-14-10-8-12)17-13-5-3-2-4-6-13/h2-6,12,14H,7-10H2,1H3. The van der Waals surface area contributed by atoms with E-state index in [1.165, 1.54) is 0 Å². The molecule has 0 bridgehead atoms. The van der Waals surface area contributed by atoms with Gasteiger partial charge >= 0.3 is 0 Å². The van der Waals surface area contributed by atoms with E-state index in [0.717, 1.165) is 30.8 Å². The summed E-state index contributed by atoms with van der Waals surface area (Å²) in [4.78, 5) is 12.9. The molecule has 0 spiro atoms. The van der Waals surface area contributed by atoms with E-state index in [2.05, 4.69) is 5.32 Å². The molecule has 1 aliphatic rings. The molecule has 0 radical (unpaired) electrons. The van der Waals surface area contributed by atoms with Gasteiger partial charge in [0, 0.05) is 17.9 Å². The summed E-state index contributed by atoms with van der Waals surface area (Å²) in [5, 5.41) is 3.33. The number of hydrogen-bond acceptors (Lipinski definition) is 3. The second-order valence-electron chi connectivity index (χ2n) is 4.23. The van der Waals surface area contributed by atoms with Crippen LogP contribution in [0.1, 0.15) is 19.8 Å². The summed E-state index contributed by atoms with van der Waals surface area (Å²) in [5.74, 6) is 0.144. The Bertz CT molecular complexity index is 363. The number of nitrogens with zero attached hydrogens (tertiary/aromatic N) is 1. The van der Waals surface area contributed by atoms with Gasteiger partial charge in [0.2, 0.25) is 5.91 Å². The zero-order valence-corrected chi connectivity index (χ0v) is 10.9. The van der Waals surface area contributed by atoms with Crippen LogP contribution in [0.25, 0.3) is 0 Å². The zero-order chi connectivity index (χ0) is 12.1. The minimum Gasteiger partial charge on any atom is -0.317 e. The first-order valence-electron chi connectivity index (χ1n) is 6.01. The summed E-state index contributed by atoms with van der Waals surface area (Å²) in [5.41, 5.74) is 0. The number of rotatable bonds is 3. The Balaban J connectivity index is 2.04. The average Bonchev–Trinajstić information content (AvgIpc) is 2.38. The second-order valence-corrected chi connectivity index (χ2v) is 5.28. The Morgan fingerprint density at radius 3 is 2.53 bits per heavy atom. The van der Waals surface area contributed by atoms with Crippen LogP contribution in [-0.4, -0.2) is 29.3 Å². The fraction of sp³-hybridized carbons (Fsp3) is 0.462. The molecule has 1 aromatic carbocycles. The van der Waals surface area contributed by atoms with E-state index in [-0.39, 0.29) is 5.91 Å². The van der Waals surface area contributed by atoms with Gasteiger partial charge < -0.3 is 5.32 Å². The highest BCUT2D eigenvalue weighted by Crippen LogP contribution is 2.27. The molecule has 1 aromatic rings. The van der Waals surface area contributed by atoms with E-state index in [0.29, 0.717) is 6.04 Å². The molecule has 1 N–H and O–H groups in total. The highest BCUT2D eigenvalue weighted by atomic mass is 32.2. The third kappa shape index (κ3) is 3.48. The molecular weight excluding hydrogens is 232 g/mol. The average molecular weight is 250 g/mol. The third-order valence-electron chi connectivity index (χ3n) is 2.90. The molecule has 92 valence electrons. The maximum Gasteiger partial charge on any atom is 0.229 e. The van der Waals surface area contributed by atoms with E-state index in [1.807, 2.05) is 34.6 Å². The molecule has 1 heterocycles. The van der Waals surface area contributed by atoms with Crippen molar-refractivity contribution in [1.29, 1.82) is 0 Å². The molecule has 0 unspecified atom stereocenters. The van der Waals surface area contributed by atoms with Crippen molar-refractivity contribution in [2.45, 2.75) is 30.7 Å². The summed E-state index contributed by atoms with van der Waals surface area (Å²) in [7, 11) is 0. The summed E-state index contributed by atoms with van der Waals surface area (Å²) in [6.07, 6.45) is 2.08. The van der Waals surface area contributed by atoms with Crippen LogP contribution in [0.15, 0.2) is 35.2 Å². The highest BCUT2D eigenvalue weighted by Gasteiger charge is 2.23. The van der Waals surface area contributed by atoms with E-state index in [4.69, 9.17) is 0 Å². The van der Waals surface area contributed by atoms with Crippen LogP contribution in [0.3, 0.4) is 0 Å². The van der Waals surface area contributed by atoms with Gasteiger partial charge in [0.05, 0.1) is 0 Å². The van der Waals surface area contributed by atoms with Crippen LogP contribution in [0, 0.1) is 0 Å². The largest absolute Gasteiger partial charge is 0.317 e. The van der Waals surface area contributed by atoms with Gasteiger partial charge in [-0.25, -0.2) is 0 Å². The first-order chi connectivity index (χ1) is 8.27.